The zero-order valence-corrected chi connectivity index (χ0v) is 17.0. The van der Waals surface area contributed by atoms with E-state index in [0.717, 1.165) is 15.9 Å². The number of carbonyl (C=O) groups is 1. The number of thiocarbonyl (C=S) groups is 1. The van der Waals surface area contributed by atoms with Crippen LogP contribution in [-0.2, 0) is 5.41 Å². The second kappa shape index (κ2) is 7.97. The number of methoxy groups -OCH3 is 1. The summed E-state index contributed by atoms with van der Waals surface area (Å²) in [7, 11) is 1.60. The van der Waals surface area contributed by atoms with Gasteiger partial charge >= 0.3 is 0 Å². The van der Waals surface area contributed by atoms with Crippen LogP contribution in [0.2, 0.25) is 0 Å². The van der Waals surface area contributed by atoms with E-state index in [4.69, 9.17) is 17.0 Å². The Morgan fingerprint density at radius 3 is 2.28 bits per heavy atom. The third-order valence-electron chi connectivity index (χ3n) is 3.65. The monoisotopic (exact) mass is 420 g/mol. The molecule has 0 unspecified atom stereocenters. The summed E-state index contributed by atoms with van der Waals surface area (Å²) in [6.45, 7) is 6.40. The fourth-order valence-electron chi connectivity index (χ4n) is 2.20. The van der Waals surface area contributed by atoms with Gasteiger partial charge in [0.1, 0.15) is 5.75 Å². The lowest BCUT2D eigenvalue weighted by molar-refractivity contribution is 0.0977. The summed E-state index contributed by atoms with van der Waals surface area (Å²) in [5, 5.41) is 5.91. The first-order valence-corrected chi connectivity index (χ1v) is 8.97. The first-order chi connectivity index (χ1) is 11.7. The van der Waals surface area contributed by atoms with E-state index in [2.05, 4.69) is 47.3 Å². The van der Waals surface area contributed by atoms with Crippen LogP contribution < -0.4 is 15.4 Å². The van der Waals surface area contributed by atoms with E-state index in [1.54, 1.807) is 7.11 Å². The second-order valence-electron chi connectivity index (χ2n) is 6.58. The molecule has 0 saturated carbocycles. The molecule has 25 heavy (non-hydrogen) atoms. The van der Waals surface area contributed by atoms with Gasteiger partial charge in [-0.15, -0.1) is 0 Å². The minimum Gasteiger partial charge on any atom is -0.496 e. The Bertz CT molecular complexity index is 783. The van der Waals surface area contributed by atoms with Crippen molar-refractivity contribution < 1.29 is 9.53 Å². The van der Waals surface area contributed by atoms with E-state index in [1.165, 1.54) is 5.56 Å². The molecular weight excluding hydrogens is 400 g/mol. The van der Waals surface area contributed by atoms with E-state index in [0.29, 0.717) is 5.56 Å². The molecule has 0 bridgehead atoms. The van der Waals surface area contributed by atoms with Gasteiger partial charge in [-0.25, -0.2) is 0 Å². The SMILES string of the molecule is COc1ccc(NC(=S)NC(=O)c2ccc(C(C)(C)C)cc2)cc1Br. The van der Waals surface area contributed by atoms with Gasteiger partial charge in [-0.3, -0.25) is 10.1 Å². The molecule has 0 aliphatic carbocycles. The van der Waals surface area contributed by atoms with E-state index in [1.807, 2.05) is 42.5 Å². The van der Waals surface area contributed by atoms with Crippen LogP contribution in [0.25, 0.3) is 0 Å². The number of hydrogen-bond donors (Lipinski definition) is 2. The molecule has 0 heterocycles. The van der Waals surface area contributed by atoms with Crippen molar-refractivity contribution in [2.45, 2.75) is 26.2 Å². The fraction of sp³-hybridized carbons (Fsp3) is 0.263. The summed E-state index contributed by atoms with van der Waals surface area (Å²) in [4.78, 5) is 12.3. The van der Waals surface area contributed by atoms with Crippen LogP contribution in [0.15, 0.2) is 46.9 Å². The topological polar surface area (TPSA) is 50.4 Å². The van der Waals surface area contributed by atoms with Gasteiger partial charge in [0.05, 0.1) is 11.6 Å². The molecule has 1 amide bonds. The molecule has 0 aliphatic heterocycles. The molecule has 4 nitrogen and oxygen atoms in total. The molecule has 2 aromatic rings. The number of anilines is 1. The molecule has 0 atom stereocenters. The van der Waals surface area contributed by atoms with Crippen molar-refractivity contribution in [3.63, 3.8) is 0 Å². The van der Waals surface area contributed by atoms with Gasteiger partial charge in [-0.05, 0) is 69.5 Å². The quantitative estimate of drug-likeness (QED) is 0.694. The van der Waals surface area contributed by atoms with Crippen LogP contribution in [0.4, 0.5) is 5.69 Å². The minimum atomic E-state index is -0.245. The largest absolute Gasteiger partial charge is 0.496 e. The molecule has 0 fully saturated rings. The van der Waals surface area contributed by atoms with Gasteiger partial charge in [0.25, 0.3) is 5.91 Å². The number of rotatable bonds is 3. The van der Waals surface area contributed by atoms with Gasteiger partial charge in [-0.2, -0.15) is 0 Å². The second-order valence-corrected chi connectivity index (χ2v) is 7.85. The summed E-state index contributed by atoms with van der Waals surface area (Å²) in [6, 6.07) is 13.0. The fourth-order valence-corrected chi connectivity index (χ4v) is 2.95. The van der Waals surface area contributed by atoms with Crippen molar-refractivity contribution in [3.8, 4) is 5.75 Å². The lowest BCUT2D eigenvalue weighted by atomic mass is 9.87. The van der Waals surface area contributed by atoms with Crippen LogP contribution in [-0.4, -0.2) is 18.1 Å². The zero-order valence-electron chi connectivity index (χ0n) is 14.6. The number of carbonyl (C=O) groups excluding carboxylic acids is 1. The molecule has 0 radical (unpaired) electrons. The lowest BCUT2D eigenvalue weighted by Crippen LogP contribution is -2.34. The highest BCUT2D eigenvalue weighted by molar-refractivity contribution is 9.10. The van der Waals surface area contributed by atoms with Gasteiger partial charge in [0.15, 0.2) is 5.11 Å². The average molecular weight is 421 g/mol. The van der Waals surface area contributed by atoms with Crippen molar-refractivity contribution in [1.82, 2.24) is 5.32 Å². The Morgan fingerprint density at radius 2 is 1.76 bits per heavy atom. The average Bonchev–Trinajstić information content (AvgIpc) is 2.54. The predicted molar refractivity (Wildman–Crippen MR) is 110 cm³/mol. The van der Waals surface area contributed by atoms with Gasteiger partial charge in [-0.1, -0.05) is 32.9 Å². The molecular formula is C19H21BrN2O2S. The van der Waals surface area contributed by atoms with E-state index in [-0.39, 0.29) is 16.4 Å². The number of benzene rings is 2. The first-order valence-electron chi connectivity index (χ1n) is 7.77. The van der Waals surface area contributed by atoms with Crippen LogP contribution in [0, 0.1) is 0 Å². The molecule has 2 aromatic carbocycles. The summed E-state index contributed by atoms with van der Waals surface area (Å²) < 4.78 is 5.98. The molecule has 0 aromatic heterocycles. The molecule has 132 valence electrons. The smallest absolute Gasteiger partial charge is 0.257 e. The third kappa shape index (κ3) is 5.28. The summed E-state index contributed by atoms with van der Waals surface area (Å²) in [6.07, 6.45) is 0. The van der Waals surface area contributed by atoms with Crippen LogP contribution in [0.5, 0.6) is 5.75 Å². The van der Waals surface area contributed by atoms with Crippen molar-refractivity contribution >= 4 is 44.9 Å². The molecule has 0 saturated heterocycles. The van der Waals surface area contributed by atoms with E-state index in [9.17, 15) is 4.79 Å². The third-order valence-corrected chi connectivity index (χ3v) is 4.47. The Kier molecular flexibility index (Phi) is 6.19. The van der Waals surface area contributed by atoms with Crippen molar-refractivity contribution in [1.29, 1.82) is 0 Å². The van der Waals surface area contributed by atoms with Gasteiger partial charge in [0, 0.05) is 11.3 Å². The number of nitrogens with one attached hydrogen (secondary N) is 2. The number of halogens is 1. The summed E-state index contributed by atoms with van der Waals surface area (Å²) in [5.74, 6) is 0.477. The van der Waals surface area contributed by atoms with Gasteiger partial charge in [0.2, 0.25) is 0 Å². The predicted octanol–water partition coefficient (Wildman–Crippen LogP) is 4.88. The van der Waals surface area contributed by atoms with Crippen LogP contribution >= 0.6 is 28.1 Å². The van der Waals surface area contributed by atoms with Crippen molar-refractivity contribution in [3.05, 3.63) is 58.1 Å². The minimum absolute atomic E-state index is 0.0492. The standard InChI is InChI=1S/C19H21BrN2O2S/c1-19(2,3)13-7-5-12(6-8-13)17(23)22-18(25)21-14-9-10-16(24-4)15(20)11-14/h5-11H,1-4H3,(H2,21,22,23,25). The van der Waals surface area contributed by atoms with E-state index < -0.39 is 0 Å². The molecule has 0 aliphatic rings. The molecule has 0 spiro atoms. The summed E-state index contributed by atoms with van der Waals surface area (Å²) >= 11 is 8.62. The lowest BCUT2D eigenvalue weighted by Gasteiger charge is -2.19. The number of amides is 1. The zero-order chi connectivity index (χ0) is 18.6. The highest BCUT2D eigenvalue weighted by Gasteiger charge is 2.15. The van der Waals surface area contributed by atoms with Crippen LogP contribution in [0.3, 0.4) is 0 Å². The first kappa shape index (κ1) is 19.4. The maximum Gasteiger partial charge on any atom is 0.257 e. The maximum atomic E-state index is 12.3. The van der Waals surface area contributed by atoms with E-state index >= 15 is 0 Å². The van der Waals surface area contributed by atoms with Crippen molar-refractivity contribution in [2.24, 2.45) is 0 Å². The maximum absolute atomic E-state index is 12.3. The number of ether oxygens (including phenoxy) is 1. The normalized spacial score (nSPS) is 10.9. The molecule has 2 rings (SSSR count). The summed E-state index contributed by atoms with van der Waals surface area (Å²) in [5.41, 5.74) is 2.54. The Labute approximate surface area is 162 Å². The van der Waals surface area contributed by atoms with Crippen molar-refractivity contribution in [2.75, 3.05) is 12.4 Å². The Morgan fingerprint density at radius 1 is 1.12 bits per heavy atom. The highest BCUT2D eigenvalue weighted by Crippen LogP contribution is 2.27. The molecule has 2 N–H and O–H groups in total. The van der Waals surface area contributed by atoms with Crippen LogP contribution in [0.1, 0.15) is 36.7 Å². The highest BCUT2D eigenvalue weighted by atomic mass is 79.9. The Balaban J connectivity index is 2.00. The molecule has 6 heteroatoms. The van der Waals surface area contributed by atoms with Gasteiger partial charge < -0.3 is 10.1 Å². The Hall–Kier alpha value is -1.92. The number of hydrogen-bond acceptors (Lipinski definition) is 3.